The molecular weight excluding hydrogens is 252 g/mol. The van der Waals surface area contributed by atoms with E-state index < -0.39 is 0 Å². The van der Waals surface area contributed by atoms with Crippen LogP contribution in [0.3, 0.4) is 0 Å². The summed E-state index contributed by atoms with van der Waals surface area (Å²) in [6, 6.07) is 0. The molecule has 2 saturated heterocycles. The zero-order valence-electron chi connectivity index (χ0n) is 12.7. The largest absolute Gasteiger partial charge is 0.317 e. The number of thioether (sulfide) groups is 1. The van der Waals surface area contributed by atoms with Crippen LogP contribution in [0, 0.1) is 5.92 Å². The van der Waals surface area contributed by atoms with Crippen molar-refractivity contribution in [1.82, 2.24) is 10.2 Å². The van der Waals surface area contributed by atoms with Crippen LogP contribution in [0.4, 0.5) is 0 Å². The molecular formula is C16H32N2S. The lowest BCUT2D eigenvalue weighted by Gasteiger charge is -2.24. The van der Waals surface area contributed by atoms with E-state index in [1.54, 1.807) is 0 Å². The van der Waals surface area contributed by atoms with Crippen LogP contribution in [-0.2, 0) is 0 Å². The van der Waals surface area contributed by atoms with Crippen LogP contribution in [0.5, 0.6) is 0 Å². The van der Waals surface area contributed by atoms with Crippen molar-refractivity contribution in [3.63, 3.8) is 0 Å². The Hall–Kier alpha value is 0.270. The Balaban J connectivity index is 1.57. The molecule has 0 saturated carbocycles. The summed E-state index contributed by atoms with van der Waals surface area (Å²) in [5.74, 6) is 2.37. The average Bonchev–Trinajstić information content (AvgIpc) is 2.66. The second-order valence-corrected chi connectivity index (χ2v) is 7.66. The molecule has 1 N–H and O–H groups in total. The maximum Gasteiger partial charge on any atom is 0.00724 e. The summed E-state index contributed by atoms with van der Waals surface area (Å²) in [5.41, 5.74) is 0. The molecule has 112 valence electrons. The molecule has 2 heterocycles. The Morgan fingerprint density at radius 1 is 1.11 bits per heavy atom. The number of hydrogen-bond donors (Lipinski definition) is 1. The molecule has 1 unspecified atom stereocenters. The standard InChI is InChI=1S/C16H32N2S/c1-2-4-15-5-3-11-18(12-8-15)13-14-19-16-6-9-17-10-7-16/h15-17H,2-14H2,1H3. The van der Waals surface area contributed by atoms with E-state index in [1.807, 2.05) is 0 Å². The fraction of sp³-hybridized carbons (Fsp3) is 1.00. The van der Waals surface area contributed by atoms with Crippen molar-refractivity contribution in [1.29, 1.82) is 0 Å². The van der Waals surface area contributed by atoms with Crippen LogP contribution in [0.15, 0.2) is 0 Å². The predicted octanol–water partition coefficient (Wildman–Crippen LogP) is 3.37. The summed E-state index contributed by atoms with van der Waals surface area (Å²) < 4.78 is 0. The van der Waals surface area contributed by atoms with Gasteiger partial charge in [0.1, 0.15) is 0 Å². The van der Waals surface area contributed by atoms with E-state index in [2.05, 4.69) is 28.9 Å². The molecule has 2 fully saturated rings. The van der Waals surface area contributed by atoms with Gasteiger partial charge in [0.2, 0.25) is 0 Å². The Bertz CT molecular complexity index is 229. The second kappa shape index (κ2) is 9.25. The molecule has 0 radical (unpaired) electrons. The molecule has 1 atom stereocenters. The summed E-state index contributed by atoms with van der Waals surface area (Å²) in [4.78, 5) is 2.73. The van der Waals surface area contributed by atoms with Gasteiger partial charge in [-0.2, -0.15) is 11.8 Å². The van der Waals surface area contributed by atoms with E-state index in [4.69, 9.17) is 0 Å². The molecule has 2 nitrogen and oxygen atoms in total. The van der Waals surface area contributed by atoms with Gasteiger partial charge in [0, 0.05) is 17.5 Å². The van der Waals surface area contributed by atoms with E-state index in [1.165, 1.54) is 83.4 Å². The molecule has 0 bridgehead atoms. The molecule has 0 amide bonds. The molecule has 19 heavy (non-hydrogen) atoms. The Morgan fingerprint density at radius 3 is 2.74 bits per heavy atom. The minimum Gasteiger partial charge on any atom is -0.317 e. The van der Waals surface area contributed by atoms with Crippen LogP contribution in [-0.4, -0.2) is 48.6 Å². The quantitative estimate of drug-likeness (QED) is 0.805. The molecule has 0 aromatic heterocycles. The van der Waals surface area contributed by atoms with Gasteiger partial charge in [-0.15, -0.1) is 0 Å². The Morgan fingerprint density at radius 2 is 1.95 bits per heavy atom. The first-order valence-corrected chi connectivity index (χ1v) is 9.48. The fourth-order valence-corrected chi connectivity index (χ4v) is 4.72. The molecule has 0 aromatic carbocycles. The van der Waals surface area contributed by atoms with Crippen molar-refractivity contribution in [3.05, 3.63) is 0 Å². The first-order chi connectivity index (χ1) is 9.38. The lowest BCUT2D eigenvalue weighted by molar-refractivity contribution is 0.296. The number of hydrogen-bond acceptors (Lipinski definition) is 3. The van der Waals surface area contributed by atoms with Crippen molar-refractivity contribution in [2.24, 2.45) is 5.92 Å². The van der Waals surface area contributed by atoms with Crippen molar-refractivity contribution in [3.8, 4) is 0 Å². The van der Waals surface area contributed by atoms with Crippen molar-refractivity contribution < 1.29 is 0 Å². The van der Waals surface area contributed by atoms with Gasteiger partial charge in [0.05, 0.1) is 0 Å². The van der Waals surface area contributed by atoms with E-state index in [9.17, 15) is 0 Å². The molecule has 0 aliphatic carbocycles. The zero-order valence-corrected chi connectivity index (χ0v) is 13.5. The number of rotatable bonds is 6. The van der Waals surface area contributed by atoms with E-state index in [0.29, 0.717) is 0 Å². The topological polar surface area (TPSA) is 15.3 Å². The van der Waals surface area contributed by atoms with E-state index in [-0.39, 0.29) is 0 Å². The lowest BCUT2D eigenvalue weighted by Crippen LogP contribution is -2.31. The van der Waals surface area contributed by atoms with Gasteiger partial charge in [-0.3, -0.25) is 0 Å². The summed E-state index contributed by atoms with van der Waals surface area (Å²) in [6.45, 7) is 8.84. The summed E-state index contributed by atoms with van der Waals surface area (Å²) in [7, 11) is 0. The van der Waals surface area contributed by atoms with Crippen LogP contribution >= 0.6 is 11.8 Å². The third-order valence-corrected chi connectivity index (χ3v) is 6.05. The van der Waals surface area contributed by atoms with Crippen LogP contribution in [0.2, 0.25) is 0 Å². The van der Waals surface area contributed by atoms with Gasteiger partial charge in [-0.25, -0.2) is 0 Å². The molecule has 2 rings (SSSR count). The number of likely N-dealkylation sites (tertiary alicyclic amines) is 1. The summed E-state index contributed by atoms with van der Waals surface area (Å²) in [6.07, 6.45) is 9.95. The predicted molar refractivity (Wildman–Crippen MR) is 87.0 cm³/mol. The average molecular weight is 285 g/mol. The minimum absolute atomic E-state index is 0.932. The van der Waals surface area contributed by atoms with Crippen molar-refractivity contribution in [2.75, 3.05) is 38.5 Å². The van der Waals surface area contributed by atoms with Gasteiger partial charge in [0.25, 0.3) is 0 Å². The number of nitrogens with zero attached hydrogens (tertiary/aromatic N) is 1. The van der Waals surface area contributed by atoms with Gasteiger partial charge < -0.3 is 10.2 Å². The summed E-state index contributed by atoms with van der Waals surface area (Å²) in [5, 5.41) is 4.39. The van der Waals surface area contributed by atoms with Crippen LogP contribution in [0.1, 0.15) is 51.9 Å². The van der Waals surface area contributed by atoms with Gasteiger partial charge in [0.15, 0.2) is 0 Å². The van der Waals surface area contributed by atoms with Gasteiger partial charge >= 0.3 is 0 Å². The highest BCUT2D eigenvalue weighted by atomic mass is 32.2. The smallest absolute Gasteiger partial charge is 0.00724 e. The lowest BCUT2D eigenvalue weighted by atomic mass is 9.96. The first kappa shape index (κ1) is 15.7. The molecule has 0 spiro atoms. The molecule has 2 aliphatic heterocycles. The normalized spacial score (nSPS) is 27.3. The third-order valence-electron chi connectivity index (χ3n) is 4.68. The van der Waals surface area contributed by atoms with E-state index >= 15 is 0 Å². The second-order valence-electron chi connectivity index (χ2n) is 6.25. The number of nitrogens with one attached hydrogen (secondary N) is 1. The van der Waals surface area contributed by atoms with Crippen LogP contribution in [0.25, 0.3) is 0 Å². The highest BCUT2D eigenvalue weighted by molar-refractivity contribution is 7.99. The first-order valence-electron chi connectivity index (χ1n) is 8.43. The zero-order chi connectivity index (χ0) is 13.3. The fourth-order valence-electron chi connectivity index (χ4n) is 3.46. The minimum atomic E-state index is 0.932. The van der Waals surface area contributed by atoms with Gasteiger partial charge in [-0.05, 0) is 64.2 Å². The van der Waals surface area contributed by atoms with Gasteiger partial charge in [-0.1, -0.05) is 19.8 Å². The third kappa shape index (κ3) is 6.05. The summed E-state index contributed by atoms with van der Waals surface area (Å²) >= 11 is 2.23. The maximum atomic E-state index is 3.46. The highest BCUT2D eigenvalue weighted by Crippen LogP contribution is 2.23. The number of piperidine rings is 1. The highest BCUT2D eigenvalue weighted by Gasteiger charge is 2.17. The van der Waals surface area contributed by atoms with Crippen molar-refractivity contribution in [2.45, 2.75) is 57.1 Å². The van der Waals surface area contributed by atoms with E-state index in [0.717, 1.165) is 11.2 Å². The molecule has 0 aromatic rings. The maximum absolute atomic E-state index is 3.46. The SMILES string of the molecule is CCCC1CCCN(CCSC2CCNCC2)CC1. The van der Waals surface area contributed by atoms with Crippen molar-refractivity contribution >= 4 is 11.8 Å². The Kier molecular flexibility index (Phi) is 7.62. The Labute approximate surface area is 124 Å². The molecule has 3 heteroatoms. The van der Waals surface area contributed by atoms with Crippen LogP contribution < -0.4 is 5.32 Å². The molecule has 2 aliphatic rings. The monoisotopic (exact) mass is 284 g/mol.